The number of piperidine rings is 1. The second-order valence-electron chi connectivity index (χ2n) is 7.13. The number of para-hydroxylation sites is 1. The van der Waals surface area contributed by atoms with Crippen molar-refractivity contribution in [3.8, 4) is 5.75 Å². The van der Waals surface area contributed by atoms with Crippen molar-refractivity contribution in [3.63, 3.8) is 0 Å². The molecule has 1 fully saturated rings. The molecule has 0 aliphatic carbocycles. The Balaban J connectivity index is 0.00000320. The monoisotopic (exact) mass is 541 g/mol. The first kappa shape index (κ1) is 24.7. The van der Waals surface area contributed by atoms with E-state index in [0.29, 0.717) is 18.1 Å². The Kier molecular flexibility index (Phi) is 11.2. The molecule has 0 saturated carbocycles. The van der Waals surface area contributed by atoms with E-state index in [9.17, 15) is 4.21 Å². The lowest BCUT2D eigenvalue weighted by Crippen LogP contribution is -2.47. The Hall–Kier alpha value is -1.61. The summed E-state index contributed by atoms with van der Waals surface area (Å²) >= 11 is 0. The van der Waals surface area contributed by atoms with Crippen molar-refractivity contribution in [2.75, 3.05) is 31.9 Å². The molecule has 0 amide bonds. The highest BCUT2D eigenvalue weighted by Gasteiger charge is 2.22. The van der Waals surface area contributed by atoms with Crippen LogP contribution in [0.15, 0.2) is 65.7 Å². The number of hydrogen-bond donors (Lipinski definition) is 1. The molecule has 30 heavy (non-hydrogen) atoms. The molecule has 7 heteroatoms. The molecule has 0 aromatic heterocycles. The Bertz CT molecular complexity index is 782. The zero-order valence-electron chi connectivity index (χ0n) is 17.5. The van der Waals surface area contributed by atoms with Crippen LogP contribution in [0.1, 0.15) is 25.3 Å². The largest absolute Gasteiger partial charge is 0.490 e. The van der Waals surface area contributed by atoms with E-state index in [1.54, 1.807) is 0 Å². The smallest absolute Gasteiger partial charge is 0.193 e. The molecule has 0 radical (unpaired) electrons. The number of aliphatic imine (C=N–C) groups is 1. The molecule has 0 spiro atoms. The Morgan fingerprint density at radius 2 is 1.73 bits per heavy atom. The van der Waals surface area contributed by atoms with E-state index in [1.807, 2.05) is 60.7 Å². The Morgan fingerprint density at radius 1 is 1.10 bits per heavy atom. The van der Waals surface area contributed by atoms with Crippen LogP contribution >= 0.6 is 24.0 Å². The number of guanidine groups is 1. The molecule has 164 valence electrons. The third-order valence-electron chi connectivity index (χ3n) is 4.87. The average Bonchev–Trinajstić information content (AvgIpc) is 2.75. The second-order valence-corrected chi connectivity index (χ2v) is 8.70. The summed E-state index contributed by atoms with van der Waals surface area (Å²) in [7, 11) is -0.898. The summed E-state index contributed by atoms with van der Waals surface area (Å²) in [6, 6.07) is 20.0. The summed E-state index contributed by atoms with van der Waals surface area (Å²) in [6.45, 7) is 5.30. The van der Waals surface area contributed by atoms with Gasteiger partial charge in [0.2, 0.25) is 0 Å². The van der Waals surface area contributed by atoms with Crippen molar-refractivity contribution >= 4 is 40.7 Å². The van der Waals surface area contributed by atoms with Crippen LogP contribution in [-0.2, 0) is 16.6 Å². The lowest BCUT2D eigenvalue weighted by Gasteiger charge is -2.34. The van der Waals surface area contributed by atoms with Gasteiger partial charge < -0.3 is 15.0 Å². The van der Waals surface area contributed by atoms with E-state index in [2.05, 4.69) is 17.1 Å². The molecule has 1 saturated heterocycles. The highest BCUT2D eigenvalue weighted by Crippen LogP contribution is 2.18. The van der Waals surface area contributed by atoms with Gasteiger partial charge in [-0.1, -0.05) is 48.5 Å². The van der Waals surface area contributed by atoms with Gasteiger partial charge in [-0.2, -0.15) is 0 Å². The van der Waals surface area contributed by atoms with E-state index in [4.69, 9.17) is 9.73 Å². The van der Waals surface area contributed by atoms with Gasteiger partial charge in [0.25, 0.3) is 0 Å². The van der Waals surface area contributed by atoms with E-state index in [-0.39, 0.29) is 30.1 Å². The highest BCUT2D eigenvalue weighted by atomic mass is 127. The lowest BCUT2D eigenvalue weighted by atomic mass is 10.1. The van der Waals surface area contributed by atoms with Gasteiger partial charge in [-0.05, 0) is 24.6 Å². The van der Waals surface area contributed by atoms with Gasteiger partial charge in [-0.25, -0.2) is 0 Å². The molecule has 1 N–H and O–H groups in total. The predicted molar refractivity (Wildman–Crippen MR) is 136 cm³/mol. The molecule has 2 aromatic carbocycles. The highest BCUT2D eigenvalue weighted by molar-refractivity contribution is 14.0. The van der Waals surface area contributed by atoms with Crippen LogP contribution in [-0.4, -0.2) is 53.1 Å². The standard InChI is InChI=1S/C23H31N3O2S.HI/c1-2-24-23(25-15-18-29(27)19-20-9-5-3-6-10-20)26-16-13-22(14-17-26)28-21-11-7-4-8-12-21;/h3-12,22H,2,13-19H2,1H3,(H,24,25);1H. The number of nitrogens with one attached hydrogen (secondary N) is 1. The van der Waals surface area contributed by atoms with Crippen LogP contribution < -0.4 is 10.1 Å². The summed E-state index contributed by atoms with van der Waals surface area (Å²) in [4.78, 5) is 7.01. The van der Waals surface area contributed by atoms with Crippen molar-refractivity contribution in [2.45, 2.75) is 31.6 Å². The van der Waals surface area contributed by atoms with Crippen LogP contribution in [0.25, 0.3) is 0 Å². The fourth-order valence-corrected chi connectivity index (χ4v) is 4.39. The normalized spacial score (nSPS) is 15.9. The van der Waals surface area contributed by atoms with Crippen LogP contribution in [0.3, 0.4) is 0 Å². The quantitative estimate of drug-likeness (QED) is 0.311. The Morgan fingerprint density at radius 3 is 2.37 bits per heavy atom. The van der Waals surface area contributed by atoms with Crippen LogP contribution in [0.4, 0.5) is 0 Å². The lowest BCUT2D eigenvalue weighted by molar-refractivity contribution is 0.129. The van der Waals surface area contributed by atoms with E-state index in [1.165, 1.54) is 0 Å². The number of likely N-dealkylation sites (tertiary alicyclic amines) is 1. The molecule has 1 aliphatic heterocycles. The maximum atomic E-state index is 12.3. The molecule has 1 heterocycles. The van der Waals surface area contributed by atoms with Gasteiger partial charge in [0.15, 0.2) is 5.96 Å². The van der Waals surface area contributed by atoms with Crippen molar-refractivity contribution < 1.29 is 8.95 Å². The number of nitrogens with zero attached hydrogens (tertiary/aromatic N) is 2. The molecule has 1 unspecified atom stereocenters. The van der Waals surface area contributed by atoms with Gasteiger partial charge in [0.1, 0.15) is 11.9 Å². The fraction of sp³-hybridized carbons (Fsp3) is 0.435. The first-order chi connectivity index (χ1) is 14.2. The summed E-state index contributed by atoms with van der Waals surface area (Å²) in [5.74, 6) is 3.03. The zero-order valence-corrected chi connectivity index (χ0v) is 20.7. The molecule has 0 bridgehead atoms. The van der Waals surface area contributed by atoms with Crippen LogP contribution in [0.2, 0.25) is 0 Å². The minimum atomic E-state index is -0.898. The molecular formula is C23H32IN3O2S. The summed E-state index contributed by atoms with van der Waals surface area (Å²) < 4.78 is 18.4. The van der Waals surface area contributed by atoms with Crippen molar-refractivity contribution in [3.05, 3.63) is 66.2 Å². The van der Waals surface area contributed by atoms with Crippen molar-refractivity contribution in [1.29, 1.82) is 0 Å². The maximum Gasteiger partial charge on any atom is 0.193 e. The molecule has 1 aliphatic rings. The fourth-order valence-electron chi connectivity index (χ4n) is 3.39. The van der Waals surface area contributed by atoms with Crippen LogP contribution in [0.5, 0.6) is 5.75 Å². The van der Waals surface area contributed by atoms with E-state index >= 15 is 0 Å². The minimum Gasteiger partial charge on any atom is -0.490 e. The third-order valence-corrected chi connectivity index (χ3v) is 6.17. The summed E-state index contributed by atoms with van der Waals surface area (Å²) in [5.41, 5.74) is 1.11. The van der Waals surface area contributed by atoms with Crippen LogP contribution in [0, 0.1) is 0 Å². The first-order valence-electron chi connectivity index (χ1n) is 10.4. The molecule has 3 rings (SSSR count). The van der Waals surface area contributed by atoms with Gasteiger partial charge >= 0.3 is 0 Å². The maximum absolute atomic E-state index is 12.3. The number of ether oxygens (including phenoxy) is 1. The molecule has 1 atom stereocenters. The summed E-state index contributed by atoms with van der Waals surface area (Å²) in [5, 5.41) is 3.38. The minimum absolute atomic E-state index is 0. The SMILES string of the molecule is CCNC(=NCCS(=O)Cc1ccccc1)N1CCC(Oc2ccccc2)CC1.I. The number of benzene rings is 2. The summed E-state index contributed by atoms with van der Waals surface area (Å²) in [6.07, 6.45) is 2.19. The van der Waals surface area contributed by atoms with Crippen molar-refractivity contribution in [2.24, 2.45) is 4.99 Å². The molecule has 5 nitrogen and oxygen atoms in total. The van der Waals surface area contributed by atoms with Gasteiger partial charge in [0, 0.05) is 54.8 Å². The topological polar surface area (TPSA) is 53.9 Å². The van der Waals surface area contributed by atoms with Crippen molar-refractivity contribution in [1.82, 2.24) is 10.2 Å². The number of rotatable bonds is 8. The van der Waals surface area contributed by atoms with E-state index in [0.717, 1.165) is 49.7 Å². The van der Waals surface area contributed by atoms with E-state index < -0.39 is 10.8 Å². The van der Waals surface area contributed by atoms with Gasteiger partial charge in [-0.3, -0.25) is 9.20 Å². The average molecular weight is 541 g/mol. The van der Waals surface area contributed by atoms with Gasteiger partial charge in [-0.15, -0.1) is 24.0 Å². The second kappa shape index (κ2) is 13.6. The number of halogens is 1. The predicted octanol–water partition coefficient (Wildman–Crippen LogP) is 4.06. The zero-order chi connectivity index (χ0) is 20.3. The molecule has 2 aromatic rings. The number of hydrogen-bond acceptors (Lipinski definition) is 3. The Labute approximate surface area is 199 Å². The third kappa shape index (κ3) is 8.26. The molecular weight excluding hydrogens is 509 g/mol. The van der Waals surface area contributed by atoms with Gasteiger partial charge in [0.05, 0.1) is 6.54 Å². The first-order valence-corrected chi connectivity index (χ1v) is 11.9.